The number of amides is 2. The predicted molar refractivity (Wildman–Crippen MR) is 127 cm³/mol. The van der Waals surface area contributed by atoms with Crippen LogP contribution in [-0.2, 0) is 11.8 Å². The maximum absolute atomic E-state index is 13.3. The highest BCUT2D eigenvalue weighted by Crippen LogP contribution is 2.38. The molecule has 0 radical (unpaired) electrons. The standard InChI is InChI=1S/C27H29N3O2/c28-25(31)21-11-13-22(14-12-21)26(32)30-24(19-20-7-3-1-4-8-20)27(15-17-29-18-16-27)23-9-5-2-6-10-23/h1-14,24,29H,15-19H2,(H2,28,31)(H,30,32). The van der Waals surface area contributed by atoms with E-state index in [1.807, 2.05) is 24.3 Å². The molecule has 1 heterocycles. The Bertz CT molecular complexity index is 1040. The molecule has 1 fully saturated rings. The second-order valence-electron chi connectivity index (χ2n) is 8.43. The summed E-state index contributed by atoms with van der Waals surface area (Å²) in [6.45, 7) is 1.81. The lowest BCUT2D eigenvalue weighted by atomic mass is 9.66. The second kappa shape index (κ2) is 9.79. The van der Waals surface area contributed by atoms with Crippen LogP contribution in [0.25, 0.3) is 0 Å². The first kappa shape index (κ1) is 21.8. The SMILES string of the molecule is NC(=O)c1ccc(C(=O)NC(Cc2ccccc2)C2(c3ccccc3)CCNCC2)cc1. The first-order valence-electron chi connectivity index (χ1n) is 11.1. The molecule has 0 aromatic heterocycles. The van der Waals surface area contributed by atoms with Gasteiger partial charge in [-0.2, -0.15) is 0 Å². The molecule has 0 aliphatic carbocycles. The summed E-state index contributed by atoms with van der Waals surface area (Å²) in [6.07, 6.45) is 2.62. The molecule has 0 bridgehead atoms. The van der Waals surface area contributed by atoms with Crippen molar-refractivity contribution in [2.45, 2.75) is 30.7 Å². The van der Waals surface area contributed by atoms with Crippen molar-refractivity contribution in [2.24, 2.45) is 5.73 Å². The minimum atomic E-state index is -0.503. The third-order valence-electron chi connectivity index (χ3n) is 6.53. The summed E-state index contributed by atoms with van der Waals surface area (Å²) in [4.78, 5) is 24.7. The fraction of sp³-hybridized carbons (Fsp3) is 0.259. The maximum atomic E-state index is 13.3. The lowest BCUT2D eigenvalue weighted by molar-refractivity contribution is 0.0896. The fourth-order valence-corrected chi connectivity index (χ4v) is 4.74. The van der Waals surface area contributed by atoms with Crippen LogP contribution in [0.1, 0.15) is 44.7 Å². The fourth-order valence-electron chi connectivity index (χ4n) is 4.74. The Morgan fingerprint density at radius 1 is 0.844 bits per heavy atom. The van der Waals surface area contributed by atoms with E-state index in [1.165, 1.54) is 11.1 Å². The molecule has 32 heavy (non-hydrogen) atoms. The molecule has 0 saturated carbocycles. The first-order chi connectivity index (χ1) is 15.6. The van der Waals surface area contributed by atoms with Crippen LogP contribution in [-0.4, -0.2) is 30.9 Å². The molecule has 1 aliphatic rings. The summed E-state index contributed by atoms with van der Waals surface area (Å²) in [7, 11) is 0. The van der Waals surface area contributed by atoms with Crippen molar-refractivity contribution in [1.29, 1.82) is 0 Å². The molecule has 2 amide bonds. The van der Waals surface area contributed by atoms with Gasteiger partial charge in [0.1, 0.15) is 0 Å². The number of nitrogens with two attached hydrogens (primary N) is 1. The maximum Gasteiger partial charge on any atom is 0.251 e. The molecule has 3 aromatic rings. The minimum absolute atomic E-state index is 0.0854. The van der Waals surface area contributed by atoms with Gasteiger partial charge in [0.15, 0.2) is 0 Å². The molecular weight excluding hydrogens is 398 g/mol. The predicted octanol–water partition coefficient (Wildman–Crippen LogP) is 3.45. The van der Waals surface area contributed by atoms with Crippen LogP contribution in [0.5, 0.6) is 0 Å². The van der Waals surface area contributed by atoms with Gasteiger partial charge in [-0.25, -0.2) is 0 Å². The van der Waals surface area contributed by atoms with Crippen LogP contribution in [0.3, 0.4) is 0 Å². The number of carbonyl (C=O) groups excluding carboxylic acids is 2. The number of piperidine rings is 1. The highest BCUT2D eigenvalue weighted by Gasteiger charge is 2.42. The Labute approximate surface area is 189 Å². The van der Waals surface area contributed by atoms with Crippen LogP contribution in [0.15, 0.2) is 84.9 Å². The summed E-state index contributed by atoms with van der Waals surface area (Å²) in [6, 6.07) is 27.3. The lowest BCUT2D eigenvalue weighted by Crippen LogP contribution is -2.56. The van der Waals surface area contributed by atoms with Gasteiger partial charge >= 0.3 is 0 Å². The zero-order valence-corrected chi connectivity index (χ0v) is 18.1. The number of hydrogen-bond donors (Lipinski definition) is 3. The van der Waals surface area contributed by atoms with E-state index in [2.05, 4.69) is 47.0 Å². The zero-order chi connectivity index (χ0) is 22.4. The van der Waals surface area contributed by atoms with Crippen molar-refractivity contribution in [3.8, 4) is 0 Å². The molecule has 1 saturated heterocycles. The van der Waals surface area contributed by atoms with E-state index in [1.54, 1.807) is 24.3 Å². The molecule has 1 aliphatic heterocycles. The van der Waals surface area contributed by atoms with E-state index < -0.39 is 5.91 Å². The topological polar surface area (TPSA) is 84.2 Å². The highest BCUT2D eigenvalue weighted by molar-refractivity contribution is 5.97. The third-order valence-corrected chi connectivity index (χ3v) is 6.53. The summed E-state index contributed by atoms with van der Waals surface area (Å²) >= 11 is 0. The molecule has 5 heteroatoms. The van der Waals surface area contributed by atoms with Crippen molar-refractivity contribution >= 4 is 11.8 Å². The number of rotatable bonds is 7. The molecule has 1 unspecified atom stereocenters. The van der Waals surface area contributed by atoms with Crippen LogP contribution < -0.4 is 16.4 Å². The third kappa shape index (κ3) is 4.73. The first-order valence-corrected chi connectivity index (χ1v) is 11.1. The van der Waals surface area contributed by atoms with Crippen LogP contribution in [0.4, 0.5) is 0 Å². The van der Waals surface area contributed by atoms with Crippen molar-refractivity contribution in [1.82, 2.24) is 10.6 Å². The van der Waals surface area contributed by atoms with Gasteiger partial charge in [-0.1, -0.05) is 60.7 Å². The minimum Gasteiger partial charge on any atom is -0.366 e. The number of primary amides is 1. The number of nitrogens with one attached hydrogen (secondary N) is 2. The molecule has 1 atom stereocenters. The molecule has 0 spiro atoms. The molecular formula is C27H29N3O2. The Balaban J connectivity index is 1.69. The van der Waals surface area contributed by atoms with E-state index in [-0.39, 0.29) is 17.4 Å². The van der Waals surface area contributed by atoms with Gasteiger partial charge in [0.2, 0.25) is 5.91 Å². The van der Waals surface area contributed by atoms with Gasteiger partial charge in [-0.3, -0.25) is 9.59 Å². The van der Waals surface area contributed by atoms with Crippen LogP contribution >= 0.6 is 0 Å². The summed E-state index contributed by atoms with van der Waals surface area (Å²) < 4.78 is 0. The summed E-state index contributed by atoms with van der Waals surface area (Å²) in [5.74, 6) is -0.646. The van der Waals surface area contributed by atoms with Gasteiger partial charge < -0.3 is 16.4 Å². The molecule has 164 valence electrons. The van der Waals surface area contributed by atoms with E-state index in [0.717, 1.165) is 32.4 Å². The molecule has 3 aromatic carbocycles. The molecule has 4 rings (SSSR count). The van der Waals surface area contributed by atoms with Crippen molar-refractivity contribution in [3.05, 3.63) is 107 Å². The second-order valence-corrected chi connectivity index (χ2v) is 8.43. The Hall–Kier alpha value is -3.44. The van der Waals surface area contributed by atoms with Crippen LogP contribution in [0.2, 0.25) is 0 Å². The normalized spacial score (nSPS) is 16.1. The van der Waals surface area contributed by atoms with Crippen molar-refractivity contribution in [3.63, 3.8) is 0 Å². The zero-order valence-electron chi connectivity index (χ0n) is 18.1. The molecule has 5 nitrogen and oxygen atoms in total. The Kier molecular flexibility index (Phi) is 6.66. The Morgan fingerprint density at radius 2 is 1.41 bits per heavy atom. The Morgan fingerprint density at radius 3 is 2.00 bits per heavy atom. The quantitative estimate of drug-likeness (QED) is 0.540. The van der Waals surface area contributed by atoms with E-state index in [0.29, 0.717) is 11.1 Å². The summed E-state index contributed by atoms with van der Waals surface area (Å²) in [5, 5.41) is 6.83. The van der Waals surface area contributed by atoms with Crippen molar-refractivity contribution < 1.29 is 9.59 Å². The number of benzene rings is 3. The van der Waals surface area contributed by atoms with Crippen molar-refractivity contribution in [2.75, 3.05) is 13.1 Å². The van der Waals surface area contributed by atoms with E-state index in [4.69, 9.17) is 5.73 Å². The average Bonchev–Trinajstić information content (AvgIpc) is 2.85. The van der Waals surface area contributed by atoms with Gasteiger partial charge in [-0.05, 0) is 67.7 Å². The highest BCUT2D eigenvalue weighted by atomic mass is 16.2. The lowest BCUT2D eigenvalue weighted by Gasteiger charge is -2.45. The van der Waals surface area contributed by atoms with Gasteiger partial charge in [0, 0.05) is 22.6 Å². The van der Waals surface area contributed by atoms with Gasteiger partial charge in [0.05, 0.1) is 0 Å². The van der Waals surface area contributed by atoms with E-state index in [9.17, 15) is 9.59 Å². The van der Waals surface area contributed by atoms with Crippen LogP contribution in [0, 0.1) is 0 Å². The smallest absolute Gasteiger partial charge is 0.251 e. The monoisotopic (exact) mass is 427 g/mol. The average molecular weight is 428 g/mol. The summed E-state index contributed by atoms with van der Waals surface area (Å²) in [5.41, 5.74) is 8.52. The largest absolute Gasteiger partial charge is 0.366 e. The van der Waals surface area contributed by atoms with Gasteiger partial charge in [0.25, 0.3) is 5.91 Å². The van der Waals surface area contributed by atoms with Gasteiger partial charge in [-0.15, -0.1) is 0 Å². The van der Waals surface area contributed by atoms with E-state index >= 15 is 0 Å². The number of hydrogen-bond acceptors (Lipinski definition) is 3. The molecule has 4 N–H and O–H groups in total. The number of carbonyl (C=O) groups is 2.